The number of hydrogen-bond acceptors (Lipinski definition) is 4. The molecular weight excluding hydrogens is 311 g/mol. The summed E-state index contributed by atoms with van der Waals surface area (Å²) in [4.78, 5) is 8.97. The third-order valence-corrected chi connectivity index (χ3v) is 3.09. The molecule has 112 valence electrons. The maximum Gasteiger partial charge on any atom is 0.106 e. The Bertz CT molecular complexity index is 589. The van der Waals surface area contributed by atoms with Crippen molar-refractivity contribution in [2.24, 2.45) is 5.16 Å². The summed E-state index contributed by atoms with van der Waals surface area (Å²) in [5, 5.41) is 12.2. The maximum absolute atomic E-state index is 7.00. The Hall–Kier alpha value is -1.62. The second kappa shape index (κ2) is 9.34. The van der Waals surface area contributed by atoms with Gasteiger partial charge >= 0.3 is 0 Å². The van der Waals surface area contributed by atoms with Gasteiger partial charge in [0.05, 0.1) is 10.7 Å². The highest BCUT2D eigenvalue weighted by Gasteiger charge is 2.11. The van der Waals surface area contributed by atoms with E-state index in [4.69, 9.17) is 33.1 Å². The van der Waals surface area contributed by atoms with Gasteiger partial charge in [-0.05, 0) is 23.8 Å². The molecule has 0 unspecified atom stereocenters. The molecule has 0 saturated heterocycles. The Morgan fingerprint density at radius 3 is 2.62 bits per heavy atom. The molecule has 1 aromatic heterocycles. The van der Waals surface area contributed by atoms with Gasteiger partial charge in [-0.15, -0.1) is 0 Å². The lowest BCUT2D eigenvalue weighted by molar-refractivity contribution is 0.213. The van der Waals surface area contributed by atoms with Gasteiger partial charge in [0.1, 0.15) is 7.11 Å². The maximum atomic E-state index is 7.00. The molecule has 0 bridgehead atoms. The van der Waals surface area contributed by atoms with Crippen molar-refractivity contribution >= 4 is 28.9 Å². The third kappa shape index (κ3) is 5.34. The van der Waals surface area contributed by atoms with Crippen LogP contribution in [0, 0.1) is 0 Å². The highest BCUT2D eigenvalue weighted by Crippen LogP contribution is 2.23. The number of hydrogen-bond donors (Lipinski definition) is 1. The van der Waals surface area contributed by atoms with E-state index in [1.807, 2.05) is 18.2 Å². The van der Waals surface area contributed by atoms with Crippen LogP contribution in [0.4, 0.5) is 0 Å². The Balaban J connectivity index is 0.00000106. The van der Waals surface area contributed by atoms with Crippen LogP contribution in [0.5, 0.6) is 0 Å². The van der Waals surface area contributed by atoms with E-state index in [0.717, 1.165) is 23.9 Å². The van der Waals surface area contributed by atoms with Gasteiger partial charge in [0.15, 0.2) is 0 Å². The zero-order valence-corrected chi connectivity index (χ0v) is 13.3. The zero-order valence-electron chi connectivity index (χ0n) is 11.8. The van der Waals surface area contributed by atoms with Gasteiger partial charge in [0, 0.05) is 36.5 Å². The van der Waals surface area contributed by atoms with Crippen LogP contribution in [-0.2, 0) is 11.3 Å². The zero-order chi connectivity index (χ0) is 15.7. The van der Waals surface area contributed by atoms with E-state index in [0.29, 0.717) is 16.5 Å². The van der Waals surface area contributed by atoms with Gasteiger partial charge < -0.3 is 9.94 Å². The minimum absolute atomic E-state index is 0.548. The number of halogens is 2. The largest absolute Gasteiger partial charge is 0.400 e. The first-order valence-corrected chi connectivity index (χ1v) is 6.85. The smallest absolute Gasteiger partial charge is 0.106 e. The fourth-order valence-electron chi connectivity index (χ4n) is 1.71. The molecule has 0 amide bonds. The topological polar surface area (TPSA) is 54.7 Å². The minimum atomic E-state index is 0.548. The summed E-state index contributed by atoms with van der Waals surface area (Å²) in [5.74, 6) is 0. The summed E-state index contributed by atoms with van der Waals surface area (Å²) in [5.41, 5.74) is 2.57. The normalized spacial score (nSPS) is 10.6. The summed E-state index contributed by atoms with van der Waals surface area (Å²) in [6.07, 6.45) is 4.10. The first-order valence-electron chi connectivity index (χ1n) is 6.10. The van der Waals surface area contributed by atoms with Crippen molar-refractivity contribution in [1.82, 2.24) is 4.98 Å². The molecule has 2 aromatic rings. The van der Waals surface area contributed by atoms with Gasteiger partial charge in [-0.1, -0.05) is 40.5 Å². The number of aliphatic hydroxyl groups excluding tert-OH is 1. The Kier molecular flexibility index (Phi) is 7.75. The van der Waals surface area contributed by atoms with Crippen LogP contribution in [-0.4, -0.2) is 30.0 Å². The molecule has 0 atom stereocenters. The van der Waals surface area contributed by atoms with Crippen LogP contribution in [0.1, 0.15) is 11.1 Å². The molecule has 4 nitrogen and oxygen atoms in total. The van der Waals surface area contributed by atoms with Crippen molar-refractivity contribution in [3.05, 3.63) is 63.9 Å². The molecule has 1 heterocycles. The number of aliphatic hydroxyl groups is 1. The number of aromatic nitrogens is 1. The number of oxime groups is 1. The average Bonchev–Trinajstić information content (AvgIpc) is 2.50. The molecular formula is C15H16Cl2N2O2. The number of rotatable bonds is 4. The van der Waals surface area contributed by atoms with E-state index in [2.05, 4.69) is 10.1 Å². The molecule has 6 heteroatoms. The Labute approximate surface area is 134 Å². The van der Waals surface area contributed by atoms with Crippen LogP contribution >= 0.6 is 23.2 Å². The second-order valence-corrected chi connectivity index (χ2v) is 4.73. The monoisotopic (exact) mass is 326 g/mol. The lowest BCUT2D eigenvalue weighted by Gasteiger charge is -2.08. The van der Waals surface area contributed by atoms with Crippen molar-refractivity contribution in [3.63, 3.8) is 0 Å². The molecule has 0 saturated carbocycles. The quantitative estimate of drug-likeness (QED) is 0.690. The van der Waals surface area contributed by atoms with Crippen molar-refractivity contribution in [3.8, 4) is 0 Å². The summed E-state index contributed by atoms with van der Waals surface area (Å²) < 4.78 is 0. The van der Waals surface area contributed by atoms with Gasteiger partial charge in [-0.2, -0.15) is 0 Å². The third-order valence-electron chi connectivity index (χ3n) is 2.54. The molecule has 1 aromatic carbocycles. The standard InChI is InChI=1S/C14H12Cl2N2O.CH4O/c1-19-18-14(7-10-3-2-6-17-9-10)12-5-4-11(15)8-13(12)16;1-2/h2-6,8-9H,7H2,1H3;2H,1H3/b18-14-;. The van der Waals surface area contributed by atoms with E-state index in [1.54, 1.807) is 24.5 Å². The average molecular weight is 327 g/mol. The number of pyridine rings is 1. The van der Waals surface area contributed by atoms with Gasteiger partial charge in [-0.25, -0.2) is 0 Å². The minimum Gasteiger partial charge on any atom is -0.400 e. The van der Waals surface area contributed by atoms with Crippen LogP contribution < -0.4 is 0 Å². The first kappa shape index (κ1) is 17.4. The van der Waals surface area contributed by atoms with E-state index < -0.39 is 0 Å². The lowest BCUT2D eigenvalue weighted by Crippen LogP contribution is -2.07. The number of nitrogens with zero attached hydrogens (tertiary/aromatic N) is 2. The fourth-order valence-corrected chi connectivity index (χ4v) is 2.22. The second-order valence-electron chi connectivity index (χ2n) is 3.88. The van der Waals surface area contributed by atoms with Crippen LogP contribution in [0.3, 0.4) is 0 Å². The van der Waals surface area contributed by atoms with Crippen LogP contribution in [0.2, 0.25) is 10.0 Å². The highest BCUT2D eigenvalue weighted by atomic mass is 35.5. The van der Waals surface area contributed by atoms with Gasteiger partial charge in [0.2, 0.25) is 0 Å². The van der Waals surface area contributed by atoms with E-state index >= 15 is 0 Å². The van der Waals surface area contributed by atoms with Crippen molar-refractivity contribution in [2.75, 3.05) is 14.2 Å². The van der Waals surface area contributed by atoms with Crippen LogP contribution in [0.25, 0.3) is 0 Å². The van der Waals surface area contributed by atoms with E-state index in [9.17, 15) is 0 Å². The molecule has 0 spiro atoms. The predicted molar refractivity (Wildman–Crippen MR) is 86.1 cm³/mol. The van der Waals surface area contributed by atoms with Crippen molar-refractivity contribution in [2.45, 2.75) is 6.42 Å². The highest BCUT2D eigenvalue weighted by molar-refractivity contribution is 6.37. The van der Waals surface area contributed by atoms with Gasteiger partial charge in [-0.3, -0.25) is 4.98 Å². The number of benzene rings is 1. The summed E-state index contributed by atoms with van der Waals surface area (Å²) in [6.45, 7) is 0. The molecule has 0 radical (unpaired) electrons. The van der Waals surface area contributed by atoms with Crippen LogP contribution in [0.15, 0.2) is 47.9 Å². The van der Waals surface area contributed by atoms with E-state index in [-0.39, 0.29) is 0 Å². The molecule has 1 N–H and O–H groups in total. The SMILES string of the molecule is CO.CO/N=C(/Cc1cccnc1)c1ccc(Cl)cc1Cl. The summed E-state index contributed by atoms with van der Waals surface area (Å²) in [7, 11) is 2.51. The molecule has 2 rings (SSSR count). The lowest BCUT2D eigenvalue weighted by atomic mass is 10.0. The van der Waals surface area contributed by atoms with E-state index in [1.165, 1.54) is 7.11 Å². The summed E-state index contributed by atoms with van der Waals surface area (Å²) >= 11 is 12.1. The van der Waals surface area contributed by atoms with Crippen molar-refractivity contribution < 1.29 is 9.94 Å². The predicted octanol–water partition coefficient (Wildman–Crippen LogP) is 3.59. The Morgan fingerprint density at radius 1 is 1.29 bits per heavy atom. The molecule has 0 fully saturated rings. The molecule has 0 aliphatic rings. The Morgan fingerprint density at radius 2 is 2.05 bits per heavy atom. The van der Waals surface area contributed by atoms with Gasteiger partial charge in [0.25, 0.3) is 0 Å². The van der Waals surface area contributed by atoms with Crippen molar-refractivity contribution in [1.29, 1.82) is 0 Å². The first-order chi connectivity index (χ1) is 10.2. The summed E-state index contributed by atoms with van der Waals surface area (Å²) in [6, 6.07) is 9.15. The molecule has 21 heavy (non-hydrogen) atoms. The fraction of sp³-hybridized carbons (Fsp3) is 0.200. The molecule has 0 aliphatic heterocycles. The molecule has 0 aliphatic carbocycles.